The van der Waals surface area contributed by atoms with E-state index < -0.39 is 10.0 Å². The molecule has 1 aliphatic rings. The largest absolute Gasteiger partial charge is 0.377 e. The van der Waals surface area contributed by atoms with E-state index in [2.05, 4.69) is 10.0 Å². The predicted molar refractivity (Wildman–Crippen MR) is 78.6 cm³/mol. The highest BCUT2D eigenvalue weighted by atomic mass is 32.2. The van der Waals surface area contributed by atoms with Gasteiger partial charge in [0.1, 0.15) is 0 Å². The number of hydrogen-bond donors (Lipinski definition) is 2. The maximum Gasteiger partial charge on any atom is 0.251 e. The number of nitrogens with one attached hydrogen (secondary N) is 2. The molecular weight excluding hydrogens is 292 g/mol. The molecule has 2 N–H and O–H groups in total. The molecule has 0 saturated carbocycles. The maximum atomic E-state index is 12.3. The summed E-state index contributed by atoms with van der Waals surface area (Å²) in [6.45, 7) is 2.48. The Kier molecular flexibility index (Phi) is 4.97. The lowest BCUT2D eigenvalue weighted by Crippen LogP contribution is -2.40. The lowest BCUT2D eigenvalue weighted by Gasteiger charge is -2.20. The van der Waals surface area contributed by atoms with Crippen LogP contribution in [0.2, 0.25) is 0 Å². The highest BCUT2D eigenvalue weighted by Gasteiger charge is 2.26. The first-order valence-electron chi connectivity index (χ1n) is 6.90. The van der Waals surface area contributed by atoms with Crippen molar-refractivity contribution in [1.82, 2.24) is 10.0 Å². The smallest absolute Gasteiger partial charge is 0.251 e. The van der Waals surface area contributed by atoms with Gasteiger partial charge in [-0.15, -0.1) is 0 Å². The van der Waals surface area contributed by atoms with E-state index in [1.165, 1.54) is 31.3 Å². The van der Waals surface area contributed by atoms with Crippen LogP contribution in [0.25, 0.3) is 0 Å². The van der Waals surface area contributed by atoms with Crippen LogP contribution >= 0.6 is 0 Å². The molecule has 0 aliphatic carbocycles. The lowest BCUT2D eigenvalue weighted by atomic mass is 10.1. The van der Waals surface area contributed by atoms with Crippen LogP contribution in [0.4, 0.5) is 0 Å². The van der Waals surface area contributed by atoms with Crippen molar-refractivity contribution in [2.45, 2.75) is 36.8 Å². The monoisotopic (exact) mass is 312 g/mol. The van der Waals surface area contributed by atoms with E-state index in [1.807, 2.05) is 0 Å². The molecule has 7 heteroatoms. The topological polar surface area (TPSA) is 84.5 Å². The number of hydrogen-bond acceptors (Lipinski definition) is 4. The summed E-state index contributed by atoms with van der Waals surface area (Å²) in [5.41, 5.74) is 0.420. The maximum absolute atomic E-state index is 12.3. The van der Waals surface area contributed by atoms with Crippen LogP contribution in [-0.2, 0) is 14.8 Å². The molecule has 0 spiro atoms. The minimum Gasteiger partial charge on any atom is -0.377 e. The third-order valence-electron chi connectivity index (χ3n) is 3.52. The van der Waals surface area contributed by atoms with Crippen LogP contribution in [0.1, 0.15) is 30.1 Å². The molecule has 1 aliphatic heterocycles. The SMILES string of the molecule is CNC(=O)c1ccc(S(=O)(=O)N[C@@H](C)[C@@H]2CCCO2)cc1. The molecule has 1 heterocycles. The summed E-state index contributed by atoms with van der Waals surface area (Å²) in [6, 6.07) is 5.55. The minimum atomic E-state index is -3.61. The zero-order valence-electron chi connectivity index (χ0n) is 12.1. The predicted octanol–water partition coefficient (Wildman–Crippen LogP) is 0.892. The van der Waals surface area contributed by atoms with Crippen LogP contribution in [0.15, 0.2) is 29.2 Å². The number of ether oxygens (including phenoxy) is 1. The summed E-state index contributed by atoms with van der Waals surface area (Å²) in [5, 5.41) is 2.49. The van der Waals surface area contributed by atoms with Crippen molar-refractivity contribution >= 4 is 15.9 Å². The quantitative estimate of drug-likeness (QED) is 0.846. The molecule has 1 saturated heterocycles. The van der Waals surface area contributed by atoms with Gasteiger partial charge in [0.25, 0.3) is 5.91 Å². The molecule has 21 heavy (non-hydrogen) atoms. The van der Waals surface area contributed by atoms with Crippen LogP contribution in [0, 0.1) is 0 Å². The molecule has 116 valence electrons. The van der Waals surface area contributed by atoms with E-state index in [1.54, 1.807) is 6.92 Å². The summed E-state index contributed by atoms with van der Waals surface area (Å²) in [4.78, 5) is 11.6. The first kappa shape index (κ1) is 15.9. The summed E-state index contributed by atoms with van der Waals surface area (Å²) < 4.78 is 32.7. The Morgan fingerprint density at radius 1 is 1.33 bits per heavy atom. The zero-order chi connectivity index (χ0) is 15.5. The fourth-order valence-electron chi connectivity index (χ4n) is 2.32. The standard InChI is InChI=1S/C14H20N2O4S/c1-10(13-4-3-9-20-13)16-21(18,19)12-7-5-11(6-8-12)14(17)15-2/h5-8,10,13,16H,3-4,9H2,1-2H3,(H,15,17)/t10-,13-/m0/s1. The molecule has 2 rings (SSSR count). The van der Waals surface area contributed by atoms with Crippen molar-refractivity contribution in [2.75, 3.05) is 13.7 Å². The number of amides is 1. The number of carbonyl (C=O) groups is 1. The molecule has 6 nitrogen and oxygen atoms in total. The molecule has 1 fully saturated rings. The lowest BCUT2D eigenvalue weighted by molar-refractivity contribution is 0.0902. The van der Waals surface area contributed by atoms with Crippen LogP contribution < -0.4 is 10.0 Å². The number of benzene rings is 1. The highest BCUT2D eigenvalue weighted by molar-refractivity contribution is 7.89. The summed E-state index contributed by atoms with van der Waals surface area (Å²) in [5.74, 6) is -0.250. The second-order valence-electron chi connectivity index (χ2n) is 5.06. The molecule has 1 aromatic rings. The third kappa shape index (κ3) is 3.81. The Balaban J connectivity index is 2.09. The molecule has 0 radical (unpaired) electrons. The van der Waals surface area contributed by atoms with Gasteiger partial charge < -0.3 is 10.1 Å². The normalized spacial score (nSPS) is 20.2. The van der Waals surface area contributed by atoms with E-state index in [4.69, 9.17) is 4.74 Å². The molecule has 0 bridgehead atoms. The molecule has 0 aromatic heterocycles. The van der Waals surface area contributed by atoms with Gasteiger partial charge in [0.05, 0.1) is 11.0 Å². The van der Waals surface area contributed by atoms with Crippen molar-refractivity contribution in [2.24, 2.45) is 0 Å². The number of sulfonamides is 1. The number of rotatable bonds is 5. The zero-order valence-corrected chi connectivity index (χ0v) is 12.9. The van der Waals surface area contributed by atoms with Crippen molar-refractivity contribution < 1.29 is 17.9 Å². The fourth-order valence-corrected chi connectivity index (χ4v) is 3.59. The Morgan fingerprint density at radius 3 is 2.52 bits per heavy atom. The van der Waals surface area contributed by atoms with Gasteiger partial charge in [-0.3, -0.25) is 4.79 Å². The van der Waals surface area contributed by atoms with Crippen molar-refractivity contribution in [3.63, 3.8) is 0 Å². The molecule has 2 atom stereocenters. The van der Waals surface area contributed by atoms with Crippen LogP contribution in [0.3, 0.4) is 0 Å². The van der Waals surface area contributed by atoms with Gasteiger partial charge in [-0.1, -0.05) is 0 Å². The first-order chi connectivity index (χ1) is 9.94. The van der Waals surface area contributed by atoms with Gasteiger partial charge in [-0.05, 0) is 44.0 Å². The van der Waals surface area contributed by atoms with E-state index >= 15 is 0 Å². The van der Waals surface area contributed by atoms with Crippen molar-refractivity contribution in [3.05, 3.63) is 29.8 Å². The van der Waals surface area contributed by atoms with Crippen LogP contribution in [0.5, 0.6) is 0 Å². The summed E-state index contributed by atoms with van der Waals surface area (Å²) in [7, 11) is -2.08. The van der Waals surface area contributed by atoms with E-state index in [0.717, 1.165) is 12.8 Å². The summed E-state index contributed by atoms with van der Waals surface area (Å²) in [6.07, 6.45) is 1.74. The Bertz CT molecular complexity index is 592. The average Bonchev–Trinajstić information content (AvgIpc) is 3.00. The second-order valence-corrected chi connectivity index (χ2v) is 6.78. The molecule has 1 amide bonds. The van der Waals surface area contributed by atoms with Crippen LogP contribution in [-0.4, -0.2) is 40.1 Å². The van der Waals surface area contributed by atoms with Crippen molar-refractivity contribution in [3.8, 4) is 0 Å². The van der Waals surface area contributed by atoms with Gasteiger partial charge in [-0.2, -0.15) is 0 Å². The van der Waals surface area contributed by atoms with Gasteiger partial charge in [0, 0.05) is 25.3 Å². The third-order valence-corrected chi connectivity index (χ3v) is 5.09. The van der Waals surface area contributed by atoms with Crippen molar-refractivity contribution in [1.29, 1.82) is 0 Å². The van der Waals surface area contributed by atoms with E-state index in [0.29, 0.717) is 12.2 Å². The fraction of sp³-hybridized carbons (Fsp3) is 0.500. The van der Waals surface area contributed by atoms with Gasteiger partial charge in [0.15, 0.2) is 0 Å². The van der Waals surface area contributed by atoms with E-state index in [-0.39, 0.29) is 22.9 Å². The number of carbonyl (C=O) groups excluding carboxylic acids is 1. The molecule has 1 aromatic carbocycles. The first-order valence-corrected chi connectivity index (χ1v) is 8.38. The highest BCUT2D eigenvalue weighted by Crippen LogP contribution is 2.18. The average molecular weight is 312 g/mol. The molecule has 0 unspecified atom stereocenters. The minimum absolute atomic E-state index is 0.0788. The second kappa shape index (κ2) is 6.55. The van der Waals surface area contributed by atoms with Gasteiger partial charge in [-0.25, -0.2) is 13.1 Å². The van der Waals surface area contributed by atoms with Gasteiger partial charge in [0.2, 0.25) is 10.0 Å². The summed E-state index contributed by atoms with van der Waals surface area (Å²) >= 11 is 0. The Morgan fingerprint density at radius 2 is 2.00 bits per heavy atom. The van der Waals surface area contributed by atoms with Gasteiger partial charge >= 0.3 is 0 Å². The Labute approximate surface area is 124 Å². The Hall–Kier alpha value is -1.44. The van der Waals surface area contributed by atoms with E-state index in [9.17, 15) is 13.2 Å². The molecular formula is C14H20N2O4S.